The molecule has 0 fully saturated rings. The molecule has 4 heteroatoms. The van der Waals surface area contributed by atoms with Gasteiger partial charge in [-0.25, -0.2) is 4.98 Å². The summed E-state index contributed by atoms with van der Waals surface area (Å²) >= 11 is 0. The van der Waals surface area contributed by atoms with Crippen molar-refractivity contribution in [3.8, 4) is 28.3 Å². The first-order valence-electron chi connectivity index (χ1n) is 18.6. The molecule has 0 aliphatic heterocycles. The van der Waals surface area contributed by atoms with Gasteiger partial charge in [0, 0.05) is 38.8 Å². The second-order valence-electron chi connectivity index (χ2n) is 14.8. The fourth-order valence-corrected chi connectivity index (χ4v) is 8.88. The number of hydrogen-bond donors (Lipinski definition) is 0. The first-order chi connectivity index (χ1) is 26.5. The highest BCUT2D eigenvalue weighted by Gasteiger charge is 2.36. The predicted molar refractivity (Wildman–Crippen MR) is 224 cm³/mol. The maximum absolute atomic E-state index is 6.32. The van der Waals surface area contributed by atoms with Crippen LogP contribution in [0.1, 0.15) is 25.0 Å². The molecule has 11 rings (SSSR count). The van der Waals surface area contributed by atoms with Crippen LogP contribution in [0, 0.1) is 0 Å². The highest BCUT2D eigenvalue weighted by molar-refractivity contribution is 6.23. The summed E-state index contributed by atoms with van der Waals surface area (Å²) in [4.78, 5) is 7.43. The number of aromatic nitrogens is 2. The predicted octanol–water partition coefficient (Wildman–Crippen LogP) is 13.5. The van der Waals surface area contributed by atoms with E-state index in [1.54, 1.807) is 0 Å². The summed E-state index contributed by atoms with van der Waals surface area (Å²) < 4.78 is 8.75. The second-order valence-corrected chi connectivity index (χ2v) is 14.8. The van der Waals surface area contributed by atoms with Gasteiger partial charge >= 0.3 is 0 Å². The lowest BCUT2D eigenvalue weighted by molar-refractivity contribution is 0.620. The molecule has 1 aliphatic carbocycles. The molecule has 4 nitrogen and oxygen atoms in total. The molecule has 256 valence electrons. The van der Waals surface area contributed by atoms with Gasteiger partial charge in [0.25, 0.3) is 0 Å². The molecule has 0 radical (unpaired) electrons. The van der Waals surface area contributed by atoms with E-state index in [1.165, 1.54) is 49.3 Å². The van der Waals surface area contributed by atoms with Gasteiger partial charge in [-0.15, -0.1) is 0 Å². The van der Waals surface area contributed by atoms with Gasteiger partial charge in [-0.05, 0) is 99.8 Å². The van der Waals surface area contributed by atoms with Gasteiger partial charge in [0.2, 0.25) is 5.89 Å². The van der Waals surface area contributed by atoms with E-state index >= 15 is 0 Å². The summed E-state index contributed by atoms with van der Waals surface area (Å²) in [6.07, 6.45) is 0. The molecule has 8 aromatic carbocycles. The fourth-order valence-electron chi connectivity index (χ4n) is 8.88. The van der Waals surface area contributed by atoms with Crippen molar-refractivity contribution < 1.29 is 4.42 Å². The van der Waals surface area contributed by atoms with Gasteiger partial charge in [0.1, 0.15) is 5.52 Å². The van der Waals surface area contributed by atoms with Crippen molar-refractivity contribution in [1.82, 2.24) is 9.55 Å². The molecule has 0 saturated carbocycles. The lowest BCUT2D eigenvalue weighted by atomic mass is 9.82. The number of para-hydroxylation sites is 2. The van der Waals surface area contributed by atoms with Crippen molar-refractivity contribution in [2.45, 2.75) is 19.3 Å². The Kier molecular flexibility index (Phi) is 6.56. The first-order valence-corrected chi connectivity index (χ1v) is 18.6. The smallest absolute Gasteiger partial charge is 0.227 e. The molecule has 0 saturated heterocycles. The van der Waals surface area contributed by atoms with E-state index in [-0.39, 0.29) is 5.41 Å². The monoisotopic (exact) mass is 693 g/mol. The van der Waals surface area contributed by atoms with Crippen LogP contribution in [0.25, 0.3) is 71.9 Å². The van der Waals surface area contributed by atoms with Crippen molar-refractivity contribution >= 4 is 60.7 Å². The quantitative estimate of drug-likeness (QED) is 0.180. The van der Waals surface area contributed by atoms with Gasteiger partial charge < -0.3 is 13.9 Å². The largest absolute Gasteiger partial charge is 0.436 e. The van der Waals surface area contributed by atoms with E-state index < -0.39 is 0 Å². The highest BCUT2D eigenvalue weighted by Crippen LogP contribution is 2.52. The molecular weight excluding hydrogens is 659 g/mol. The van der Waals surface area contributed by atoms with Gasteiger partial charge in [-0.2, -0.15) is 0 Å². The topological polar surface area (TPSA) is 34.2 Å². The van der Waals surface area contributed by atoms with Crippen molar-refractivity contribution in [2.75, 3.05) is 4.90 Å². The highest BCUT2D eigenvalue weighted by atomic mass is 16.3. The number of benzene rings is 8. The first kappa shape index (κ1) is 30.7. The van der Waals surface area contributed by atoms with Crippen LogP contribution in [0.15, 0.2) is 180 Å². The summed E-state index contributed by atoms with van der Waals surface area (Å²) in [5.41, 5.74) is 14.3. The van der Waals surface area contributed by atoms with E-state index in [0.29, 0.717) is 5.89 Å². The molecule has 0 spiro atoms. The Morgan fingerprint density at radius 1 is 0.574 bits per heavy atom. The Morgan fingerprint density at radius 2 is 1.28 bits per heavy atom. The summed E-state index contributed by atoms with van der Waals surface area (Å²) in [6.45, 7) is 4.67. The Labute approximate surface area is 313 Å². The lowest BCUT2D eigenvalue weighted by Crippen LogP contribution is -2.15. The zero-order valence-corrected chi connectivity index (χ0v) is 30.0. The average molecular weight is 694 g/mol. The summed E-state index contributed by atoms with van der Waals surface area (Å²) in [6, 6.07) is 63.1. The Morgan fingerprint density at radius 3 is 2.15 bits per heavy atom. The minimum atomic E-state index is -0.0937. The van der Waals surface area contributed by atoms with Crippen LogP contribution in [-0.2, 0) is 5.41 Å². The van der Waals surface area contributed by atoms with E-state index in [2.05, 4.69) is 169 Å². The molecule has 2 heterocycles. The van der Waals surface area contributed by atoms with Crippen LogP contribution in [0.5, 0.6) is 0 Å². The fraction of sp³-hybridized carbons (Fsp3) is 0.0600. The molecule has 1 aliphatic rings. The van der Waals surface area contributed by atoms with Crippen molar-refractivity contribution in [3.05, 3.63) is 187 Å². The Hall–Kier alpha value is -6.91. The third kappa shape index (κ3) is 4.47. The third-order valence-corrected chi connectivity index (χ3v) is 11.4. The van der Waals surface area contributed by atoms with Crippen LogP contribution in [0.2, 0.25) is 0 Å². The van der Waals surface area contributed by atoms with Crippen molar-refractivity contribution in [2.24, 2.45) is 0 Å². The Bertz CT molecular complexity index is 3080. The van der Waals surface area contributed by atoms with Crippen molar-refractivity contribution in [3.63, 3.8) is 0 Å². The normalized spacial score (nSPS) is 13.1. The number of oxazole rings is 1. The SMILES string of the molecule is CC1(C)c2ccccc2-c2cc(N(c3ccc4oc(-c5ccccc5)nc4c3)c3cccc4c5c6ccccc6ccc5n(-c5ccccc5)c34)ccc21. The minimum Gasteiger partial charge on any atom is -0.436 e. The number of anilines is 3. The molecule has 2 aromatic heterocycles. The molecule has 0 atom stereocenters. The van der Waals surface area contributed by atoms with Crippen molar-refractivity contribution in [1.29, 1.82) is 0 Å². The van der Waals surface area contributed by atoms with Crippen LogP contribution >= 0.6 is 0 Å². The number of rotatable bonds is 5. The summed E-state index contributed by atoms with van der Waals surface area (Å²) in [5, 5.41) is 4.92. The van der Waals surface area contributed by atoms with E-state index in [4.69, 9.17) is 9.40 Å². The van der Waals surface area contributed by atoms with Gasteiger partial charge in [0.05, 0.1) is 16.7 Å². The van der Waals surface area contributed by atoms with E-state index in [9.17, 15) is 0 Å². The number of nitrogens with zero attached hydrogens (tertiary/aromatic N) is 3. The molecule has 10 aromatic rings. The van der Waals surface area contributed by atoms with Crippen LogP contribution in [0.3, 0.4) is 0 Å². The summed E-state index contributed by atoms with van der Waals surface area (Å²) in [5.74, 6) is 0.615. The van der Waals surface area contributed by atoms with E-state index in [1.807, 2.05) is 30.3 Å². The van der Waals surface area contributed by atoms with Crippen LogP contribution in [-0.4, -0.2) is 9.55 Å². The number of hydrogen-bond acceptors (Lipinski definition) is 3. The molecular formula is C50H35N3O. The van der Waals surface area contributed by atoms with Crippen LogP contribution in [0.4, 0.5) is 17.1 Å². The van der Waals surface area contributed by atoms with Crippen LogP contribution < -0.4 is 4.90 Å². The average Bonchev–Trinajstić information content (AvgIpc) is 3.88. The zero-order valence-electron chi connectivity index (χ0n) is 30.0. The van der Waals surface area contributed by atoms with Gasteiger partial charge in [0.15, 0.2) is 5.58 Å². The minimum absolute atomic E-state index is 0.0937. The second kappa shape index (κ2) is 11.5. The Balaban J connectivity index is 1.23. The van der Waals surface area contributed by atoms with E-state index in [0.717, 1.165) is 44.9 Å². The molecule has 0 unspecified atom stereocenters. The zero-order chi connectivity index (χ0) is 36.0. The standard InChI is InChI=1S/C50H35N3O/c1-50(2)41-22-12-11-20-38(41)40-30-35(25-27-42(40)50)52(36-26-29-46-43(31-36)51-49(54-46)33-15-5-3-6-16-33)45-23-13-21-39-47-37-19-10-9-14-32(37)24-28-44(47)53(48(39)45)34-17-7-4-8-18-34/h3-31H,1-2H3. The lowest BCUT2D eigenvalue weighted by Gasteiger charge is -2.28. The number of fused-ring (bicyclic) bond motifs is 9. The molecule has 0 bridgehead atoms. The van der Waals surface area contributed by atoms with Gasteiger partial charge in [-0.1, -0.05) is 123 Å². The summed E-state index contributed by atoms with van der Waals surface area (Å²) in [7, 11) is 0. The maximum Gasteiger partial charge on any atom is 0.227 e. The van der Waals surface area contributed by atoms with Gasteiger partial charge in [-0.3, -0.25) is 0 Å². The maximum atomic E-state index is 6.32. The third-order valence-electron chi connectivity index (χ3n) is 11.4. The molecule has 0 amide bonds. The molecule has 0 N–H and O–H groups in total. The molecule has 54 heavy (non-hydrogen) atoms.